The molecule has 1 saturated heterocycles. The molecule has 0 saturated carbocycles. The van der Waals surface area contributed by atoms with Gasteiger partial charge in [-0.15, -0.1) is 0 Å². The minimum absolute atomic E-state index is 0.466. The molecule has 4 heteroatoms. The van der Waals surface area contributed by atoms with E-state index in [1.54, 1.807) is 0 Å². The summed E-state index contributed by atoms with van der Waals surface area (Å²) in [7, 11) is 0. The Morgan fingerprint density at radius 3 is 2.59 bits per heavy atom. The average molecular weight is 240 g/mol. The SMILES string of the molecule is CCNC1CCN(c2ccc(F)cc2F)CC1. The van der Waals surface area contributed by atoms with Crippen LogP contribution in [0.2, 0.25) is 0 Å². The molecule has 0 amide bonds. The summed E-state index contributed by atoms with van der Waals surface area (Å²) in [5.41, 5.74) is 0.515. The van der Waals surface area contributed by atoms with E-state index in [9.17, 15) is 8.78 Å². The lowest BCUT2D eigenvalue weighted by Crippen LogP contribution is -2.42. The lowest BCUT2D eigenvalue weighted by molar-refractivity contribution is 0.421. The summed E-state index contributed by atoms with van der Waals surface area (Å²) in [6.07, 6.45) is 2.01. The summed E-state index contributed by atoms with van der Waals surface area (Å²) in [6, 6.07) is 4.32. The highest BCUT2D eigenvalue weighted by Crippen LogP contribution is 2.23. The van der Waals surface area contributed by atoms with Gasteiger partial charge in [-0.3, -0.25) is 0 Å². The zero-order valence-electron chi connectivity index (χ0n) is 10.0. The minimum atomic E-state index is -0.520. The van der Waals surface area contributed by atoms with Gasteiger partial charge in [-0.25, -0.2) is 8.78 Å². The molecule has 1 N–H and O–H groups in total. The molecule has 0 aromatic heterocycles. The van der Waals surface area contributed by atoms with Crippen molar-refractivity contribution in [3.8, 4) is 0 Å². The second-order valence-corrected chi connectivity index (χ2v) is 4.41. The monoisotopic (exact) mass is 240 g/mol. The van der Waals surface area contributed by atoms with Crippen LogP contribution in [-0.2, 0) is 0 Å². The van der Waals surface area contributed by atoms with Crippen LogP contribution in [0.5, 0.6) is 0 Å². The number of piperidine rings is 1. The standard InChI is InChI=1S/C13H18F2N2/c1-2-16-11-5-7-17(8-6-11)13-4-3-10(14)9-12(13)15/h3-4,9,11,16H,2,5-8H2,1H3. The topological polar surface area (TPSA) is 15.3 Å². The smallest absolute Gasteiger partial charge is 0.149 e. The fraction of sp³-hybridized carbons (Fsp3) is 0.538. The van der Waals surface area contributed by atoms with Crippen LogP contribution in [-0.4, -0.2) is 25.7 Å². The minimum Gasteiger partial charge on any atom is -0.369 e. The number of halogens is 2. The summed E-state index contributed by atoms with van der Waals surface area (Å²) in [6.45, 7) is 4.70. The number of benzene rings is 1. The van der Waals surface area contributed by atoms with Crippen LogP contribution in [0.25, 0.3) is 0 Å². The summed E-state index contributed by atoms with van der Waals surface area (Å²) in [5, 5.41) is 3.40. The zero-order valence-corrected chi connectivity index (χ0v) is 10.0. The first-order valence-electron chi connectivity index (χ1n) is 6.14. The van der Waals surface area contributed by atoms with Gasteiger partial charge >= 0.3 is 0 Å². The van der Waals surface area contributed by atoms with E-state index in [2.05, 4.69) is 12.2 Å². The Labute approximate surface area is 101 Å². The molecule has 1 aromatic rings. The second kappa shape index (κ2) is 5.45. The quantitative estimate of drug-likeness (QED) is 0.873. The van der Waals surface area contributed by atoms with E-state index in [0.29, 0.717) is 11.7 Å². The molecule has 17 heavy (non-hydrogen) atoms. The normalized spacial score (nSPS) is 17.5. The van der Waals surface area contributed by atoms with Crippen LogP contribution < -0.4 is 10.2 Å². The summed E-state index contributed by atoms with van der Waals surface area (Å²) >= 11 is 0. The Hall–Kier alpha value is -1.16. The second-order valence-electron chi connectivity index (χ2n) is 4.41. The van der Waals surface area contributed by atoms with Crippen LogP contribution in [0.15, 0.2) is 18.2 Å². The number of hydrogen-bond donors (Lipinski definition) is 1. The van der Waals surface area contributed by atoms with Gasteiger partial charge in [0, 0.05) is 25.2 Å². The summed E-state index contributed by atoms with van der Waals surface area (Å²) in [4.78, 5) is 1.99. The Kier molecular flexibility index (Phi) is 3.94. The molecule has 1 fully saturated rings. The molecular formula is C13H18F2N2. The maximum Gasteiger partial charge on any atom is 0.149 e. The Balaban J connectivity index is 2.00. The lowest BCUT2D eigenvalue weighted by Gasteiger charge is -2.34. The van der Waals surface area contributed by atoms with Gasteiger partial charge in [0.1, 0.15) is 11.6 Å². The Morgan fingerprint density at radius 1 is 1.29 bits per heavy atom. The first-order valence-corrected chi connectivity index (χ1v) is 6.14. The highest BCUT2D eigenvalue weighted by atomic mass is 19.1. The third-order valence-corrected chi connectivity index (χ3v) is 3.24. The van der Waals surface area contributed by atoms with Crippen LogP contribution >= 0.6 is 0 Å². The van der Waals surface area contributed by atoms with Gasteiger partial charge in [0.15, 0.2) is 0 Å². The molecule has 2 rings (SSSR count). The number of nitrogens with zero attached hydrogens (tertiary/aromatic N) is 1. The molecule has 0 atom stereocenters. The highest BCUT2D eigenvalue weighted by molar-refractivity contribution is 5.48. The number of anilines is 1. The first kappa shape index (κ1) is 12.3. The Bertz CT molecular complexity index is 374. The van der Waals surface area contributed by atoms with E-state index in [-0.39, 0.29) is 0 Å². The van der Waals surface area contributed by atoms with Crippen molar-refractivity contribution < 1.29 is 8.78 Å². The lowest BCUT2D eigenvalue weighted by atomic mass is 10.0. The van der Waals surface area contributed by atoms with Gasteiger partial charge in [-0.1, -0.05) is 6.92 Å². The predicted molar refractivity (Wildman–Crippen MR) is 65.3 cm³/mol. The molecule has 0 bridgehead atoms. The molecule has 1 aliphatic rings. The summed E-state index contributed by atoms with van der Waals surface area (Å²) < 4.78 is 26.4. The molecule has 2 nitrogen and oxygen atoms in total. The van der Waals surface area contributed by atoms with Crippen molar-refractivity contribution in [3.05, 3.63) is 29.8 Å². The van der Waals surface area contributed by atoms with E-state index in [0.717, 1.165) is 38.5 Å². The van der Waals surface area contributed by atoms with E-state index in [1.807, 2.05) is 4.90 Å². The van der Waals surface area contributed by atoms with Crippen molar-refractivity contribution in [1.29, 1.82) is 0 Å². The van der Waals surface area contributed by atoms with Crippen LogP contribution in [0, 0.1) is 11.6 Å². The van der Waals surface area contributed by atoms with Crippen molar-refractivity contribution in [2.45, 2.75) is 25.8 Å². The fourth-order valence-corrected chi connectivity index (χ4v) is 2.35. The van der Waals surface area contributed by atoms with Gasteiger partial charge in [0.2, 0.25) is 0 Å². The maximum atomic E-state index is 13.6. The largest absolute Gasteiger partial charge is 0.369 e. The number of nitrogens with one attached hydrogen (secondary N) is 1. The molecule has 94 valence electrons. The molecule has 0 radical (unpaired) electrons. The molecule has 0 aliphatic carbocycles. The van der Waals surface area contributed by atoms with Crippen molar-refractivity contribution in [2.75, 3.05) is 24.5 Å². The maximum absolute atomic E-state index is 13.6. The van der Waals surface area contributed by atoms with E-state index >= 15 is 0 Å². The van der Waals surface area contributed by atoms with E-state index in [4.69, 9.17) is 0 Å². The van der Waals surface area contributed by atoms with Crippen LogP contribution in [0.1, 0.15) is 19.8 Å². The average Bonchev–Trinajstić information content (AvgIpc) is 2.31. The molecule has 0 unspecified atom stereocenters. The molecule has 0 spiro atoms. The van der Waals surface area contributed by atoms with Gasteiger partial charge in [-0.2, -0.15) is 0 Å². The van der Waals surface area contributed by atoms with Gasteiger partial charge < -0.3 is 10.2 Å². The molecular weight excluding hydrogens is 222 g/mol. The third-order valence-electron chi connectivity index (χ3n) is 3.24. The fourth-order valence-electron chi connectivity index (χ4n) is 2.35. The van der Waals surface area contributed by atoms with Crippen molar-refractivity contribution >= 4 is 5.69 Å². The molecule has 1 heterocycles. The van der Waals surface area contributed by atoms with Gasteiger partial charge in [0.25, 0.3) is 0 Å². The first-order chi connectivity index (χ1) is 8.20. The van der Waals surface area contributed by atoms with Gasteiger partial charge in [0.05, 0.1) is 5.69 Å². The Morgan fingerprint density at radius 2 is 2.00 bits per heavy atom. The van der Waals surface area contributed by atoms with Crippen molar-refractivity contribution in [2.24, 2.45) is 0 Å². The highest BCUT2D eigenvalue weighted by Gasteiger charge is 2.20. The number of hydrogen-bond acceptors (Lipinski definition) is 2. The summed E-state index contributed by atoms with van der Waals surface area (Å²) in [5.74, 6) is -0.985. The van der Waals surface area contributed by atoms with E-state index < -0.39 is 11.6 Å². The van der Waals surface area contributed by atoms with Crippen molar-refractivity contribution in [1.82, 2.24) is 5.32 Å². The molecule has 1 aromatic carbocycles. The zero-order chi connectivity index (χ0) is 12.3. The van der Waals surface area contributed by atoms with Crippen LogP contribution in [0.4, 0.5) is 14.5 Å². The van der Waals surface area contributed by atoms with Crippen LogP contribution in [0.3, 0.4) is 0 Å². The predicted octanol–water partition coefficient (Wildman–Crippen LogP) is 2.54. The van der Waals surface area contributed by atoms with Crippen molar-refractivity contribution in [3.63, 3.8) is 0 Å². The molecule has 1 aliphatic heterocycles. The number of rotatable bonds is 3. The van der Waals surface area contributed by atoms with Gasteiger partial charge in [-0.05, 0) is 31.5 Å². The van der Waals surface area contributed by atoms with E-state index in [1.165, 1.54) is 12.1 Å². The third kappa shape index (κ3) is 2.94.